The van der Waals surface area contributed by atoms with Gasteiger partial charge in [0, 0.05) is 5.02 Å². The summed E-state index contributed by atoms with van der Waals surface area (Å²) in [4.78, 5) is 0. The monoisotopic (exact) mass is 344 g/mol. The molecule has 0 aromatic heterocycles. The largest absolute Gasteiger partial charge is 0.0989 e. The summed E-state index contributed by atoms with van der Waals surface area (Å²) < 4.78 is 0.00927. The van der Waals surface area contributed by atoms with E-state index >= 15 is 0 Å². The van der Waals surface area contributed by atoms with E-state index in [0.29, 0.717) is 0 Å². The van der Waals surface area contributed by atoms with Crippen molar-refractivity contribution < 1.29 is 0 Å². The van der Waals surface area contributed by atoms with Crippen LogP contribution in [0.5, 0.6) is 0 Å². The molecule has 0 saturated heterocycles. The molecular formula is C8H7BrClI. The summed E-state index contributed by atoms with van der Waals surface area (Å²) in [6.45, 7) is 2.09. The quantitative estimate of drug-likeness (QED) is 0.525. The molecule has 0 amide bonds. The van der Waals surface area contributed by atoms with Crippen molar-refractivity contribution >= 4 is 50.1 Å². The molecule has 0 aliphatic rings. The molecule has 1 unspecified atom stereocenters. The average molecular weight is 345 g/mol. The smallest absolute Gasteiger partial charge is 0.0843 e. The second-order valence-corrected chi connectivity index (χ2v) is 8.06. The molecule has 0 radical (unpaired) electrons. The molecule has 1 rings (SSSR count). The third-order valence-electron chi connectivity index (χ3n) is 1.35. The average Bonchev–Trinajstić information content (AvgIpc) is 1.86. The molecule has 60 valence electrons. The molecule has 0 aliphatic heterocycles. The van der Waals surface area contributed by atoms with Crippen molar-refractivity contribution in [3.63, 3.8) is 0 Å². The Morgan fingerprint density at radius 3 is 2.18 bits per heavy atom. The van der Waals surface area contributed by atoms with Crippen LogP contribution in [0.3, 0.4) is 0 Å². The molecule has 1 aromatic carbocycles. The number of hydrogen-bond acceptors (Lipinski definition) is 0. The van der Waals surface area contributed by atoms with Gasteiger partial charge in [-0.2, -0.15) is 0 Å². The standard InChI is InChI=1S/C8H7BrClI/c1-8(9,11)6-2-4-7(10)5-3-6/h2-5H,1H3. The van der Waals surface area contributed by atoms with Gasteiger partial charge in [0.2, 0.25) is 0 Å². The van der Waals surface area contributed by atoms with Gasteiger partial charge in [-0.25, -0.2) is 0 Å². The summed E-state index contributed by atoms with van der Waals surface area (Å²) in [6, 6.07) is 7.83. The second-order valence-electron chi connectivity index (χ2n) is 2.40. The zero-order chi connectivity index (χ0) is 8.48. The van der Waals surface area contributed by atoms with Gasteiger partial charge in [0.1, 0.15) is 0 Å². The lowest BCUT2D eigenvalue weighted by molar-refractivity contribution is 1.08. The van der Waals surface area contributed by atoms with Crippen LogP contribution in [0.25, 0.3) is 0 Å². The Hall–Kier alpha value is 0.720. The highest BCUT2D eigenvalue weighted by molar-refractivity contribution is 14.1. The molecule has 0 spiro atoms. The summed E-state index contributed by atoms with van der Waals surface area (Å²) >= 11 is 11.6. The lowest BCUT2D eigenvalue weighted by Gasteiger charge is -2.13. The summed E-state index contributed by atoms with van der Waals surface area (Å²) in [5.41, 5.74) is 1.22. The van der Waals surface area contributed by atoms with Crippen molar-refractivity contribution in [3.05, 3.63) is 34.9 Å². The fraction of sp³-hybridized carbons (Fsp3) is 0.250. The first kappa shape index (κ1) is 9.81. The van der Waals surface area contributed by atoms with Crippen LogP contribution in [0.4, 0.5) is 0 Å². The van der Waals surface area contributed by atoms with Crippen LogP contribution in [0, 0.1) is 0 Å². The van der Waals surface area contributed by atoms with Gasteiger partial charge in [-0.1, -0.05) is 62.3 Å². The van der Waals surface area contributed by atoms with E-state index in [1.54, 1.807) is 0 Å². The van der Waals surface area contributed by atoms with Gasteiger partial charge in [0.15, 0.2) is 0 Å². The highest BCUT2D eigenvalue weighted by Crippen LogP contribution is 2.37. The maximum Gasteiger partial charge on any atom is 0.0989 e. The molecule has 3 heteroatoms. The van der Waals surface area contributed by atoms with E-state index in [0.717, 1.165) is 5.02 Å². The first-order valence-electron chi connectivity index (χ1n) is 3.14. The summed E-state index contributed by atoms with van der Waals surface area (Å²) in [5.74, 6) is 0. The topological polar surface area (TPSA) is 0 Å². The molecule has 0 heterocycles. The van der Waals surface area contributed by atoms with Crippen LogP contribution >= 0.6 is 50.1 Å². The van der Waals surface area contributed by atoms with E-state index in [-0.39, 0.29) is 2.33 Å². The lowest BCUT2D eigenvalue weighted by atomic mass is 10.2. The Balaban J connectivity index is 2.99. The minimum absolute atomic E-state index is 0.00927. The predicted molar refractivity (Wildman–Crippen MR) is 61.8 cm³/mol. The van der Waals surface area contributed by atoms with Crippen LogP contribution in [-0.2, 0) is 2.33 Å². The number of hydrogen-bond donors (Lipinski definition) is 0. The van der Waals surface area contributed by atoms with E-state index in [9.17, 15) is 0 Å². The summed E-state index contributed by atoms with van der Waals surface area (Å²) in [6.07, 6.45) is 0. The van der Waals surface area contributed by atoms with Crippen molar-refractivity contribution in [3.8, 4) is 0 Å². The van der Waals surface area contributed by atoms with Gasteiger partial charge in [-0.15, -0.1) is 0 Å². The molecule has 0 nitrogen and oxygen atoms in total. The summed E-state index contributed by atoms with van der Waals surface area (Å²) in [5, 5.41) is 0.780. The molecule has 1 aromatic rings. The molecular weight excluding hydrogens is 338 g/mol. The fourth-order valence-electron chi connectivity index (χ4n) is 0.743. The van der Waals surface area contributed by atoms with Crippen molar-refractivity contribution in [2.24, 2.45) is 0 Å². The van der Waals surface area contributed by atoms with Crippen LogP contribution < -0.4 is 0 Å². The Labute approximate surface area is 93.6 Å². The van der Waals surface area contributed by atoms with Crippen molar-refractivity contribution in [2.45, 2.75) is 9.25 Å². The van der Waals surface area contributed by atoms with Gasteiger partial charge in [0.25, 0.3) is 0 Å². The molecule has 0 saturated carbocycles. The van der Waals surface area contributed by atoms with Crippen molar-refractivity contribution in [2.75, 3.05) is 0 Å². The minimum Gasteiger partial charge on any atom is -0.0843 e. The normalized spacial score (nSPS) is 16.0. The first-order valence-corrected chi connectivity index (χ1v) is 5.39. The molecule has 11 heavy (non-hydrogen) atoms. The lowest BCUT2D eigenvalue weighted by Crippen LogP contribution is -2.00. The van der Waals surface area contributed by atoms with Crippen LogP contribution in [0.1, 0.15) is 12.5 Å². The van der Waals surface area contributed by atoms with Crippen LogP contribution in [0.15, 0.2) is 24.3 Å². The minimum atomic E-state index is 0.00927. The van der Waals surface area contributed by atoms with E-state index in [2.05, 4.69) is 45.4 Å². The third-order valence-corrected chi connectivity index (χ3v) is 2.68. The molecule has 0 fully saturated rings. The maximum atomic E-state index is 5.74. The van der Waals surface area contributed by atoms with Gasteiger partial charge in [-0.3, -0.25) is 0 Å². The summed E-state index contributed by atoms with van der Waals surface area (Å²) in [7, 11) is 0. The van der Waals surface area contributed by atoms with E-state index in [1.807, 2.05) is 24.3 Å². The van der Waals surface area contributed by atoms with Gasteiger partial charge in [0.05, 0.1) is 2.33 Å². The Morgan fingerprint density at radius 2 is 1.82 bits per heavy atom. The van der Waals surface area contributed by atoms with Crippen molar-refractivity contribution in [1.29, 1.82) is 0 Å². The highest BCUT2D eigenvalue weighted by atomic mass is 127. The number of alkyl halides is 2. The van der Waals surface area contributed by atoms with E-state index in [4.69, 9.17) is 11.6 Å². The zero-order valence-electron chi connectivity index (χ0n) is 5.94. The SMILES string of the molecule is CC(Br)(I)c1ccc(Cl)cc1. The van der Waals surface area contributed by atoms with E-state index < -0.39 is 0 Å². The predicted octanol–water partition coefficient (Wildman–Crippen LogP) is 4.34. The van der Waals surface area contributed by atoms with Gasteiger partial charge < -0.3 is 0 Å². The van der Waals surface area contributed by atoms with Crippen LogP contribution in [0.2, 0.25) is 5.02 Å². The zero-order valence-corrected chi connectivity index (χ0v) is 10.4. The molecule has 0 N–H and O–H groups in total. The number of halogens is 3. The third kappa shape index (κ3) is 2.92. The molecule has 1 atom stereocenters. The Kier molecular flexibility index (Phi) is 3.23. The highest BCUT2D eigenvalue weighted by Gasteiger charge is 2.16. The van der Waals surface area contributed by atoms with Crippen molar-refractivity contribution in [1.82, 2.24) is 0 Å². The molecule has 0 aliphatic carbocycles. The number of rotatable bonds is 1. The second kappa shape index (κ2) is 3.62. The van der Waals surface area contributed by atoms with Crippen LogP contribution in [-0.4, -0.2) is 0 Å². The number of benzene rings is 1. The molecule has 0 bridgehead atoms. The van der Waals surface area contributed by atoms with E-state index in [1.165, 1.54) is 5.56 Å². The first-order chi connectivity index (χ1) is 5.00. The maximum absolute atomic E-state index is 5.74. The fourth-order valence-corrected chi connectivity index (χ4v) is 1.49. The Bertz CT molecular complexity index is 237. The van der Waals surface area contributed by atoms with Gasteiger partial charge >= 0.3 is 0 Å². The van der Waals surface area contributed by atoms with Gasteiger partial charge in [-0.05, 0) is 24.6 Å². The Morgan fingerprint density at radius 1 is 1.36 bits per heavy atom.